The fourth-order valence-corrected chi connectivity index (χ4v) is 3.80. The van der Waals surface area contributed by atoms with E-state index in [9.17, 15) is 30.3 Å². The number of ether oxygens (including phenoxy) is 1. The number of hydrogen-bond acceptors (Lipinski definition) is 5. The Labute approximate surface area is 182 Å². The Kier molecular flexibility index (Phi) is 7.24. The zero-order valence-corrected chi connectivity index (χ0v) is 17.5. The lowest BCUT2D eigenvalue weighted by Gasteiger charge is -2.32. The van der Waals surface area contributed by atoms with Crippen molar-refractivity contribution < 1.29 is 35.0 Å². The van der Waals surface area contributed by atoms with Crippen molar-refractivity contribution in [2.75, 3.05) is 18.4 Å². The molecule has 0 bridgehead atoms. The second kappa shape index (κ2) is 9.74. The van der Waals surface area contributed by atoms with Gasteiger partial charge in [0.05, 0.1) is 4.90 Å². The van der Waals surface area contributed by atoms with Gasteiger partial charge in [-0.25, -0.2) is 4.79 Å². The molecule has 1 aliphatic rings. The Morgan fingerprint density at radius 2 is 1.62 bits per heavy atom. The number of amides is 2. The Bertz CT molecular complexity index is 1020. The molecule has 3 rings (SSSR count). The number of carbonyl (C=O) groups is 1. The van der Waals surface area contributed by atoms with Crippen LogP contribution in [0.4, 0.5) is 27.5 Å². The molecule has 1 aliphatic heterocycles. The van der Waals surface area contributed by atoms with Crippen molar-refractivity contribution in [1.82, 2.24) is 10.2 Å². The van der Waals surface area contributed by atoms with Gasteiger partial charge in [0.15, 0.2) is 0 Å². The molecule has 1 fully saturated rings. The highest BCUT2D eigenvalue weighted by atomic mass is 32.3. The van der Waals surface area contributed by atoms with Gasteiger partial charge in [0, 0.05) is 31.4 Å². The van der Waals surface area contributed by atoms with Crippen LogP contribution in [0.1, 0.15) is 18.4 Å². The Balaban J connectivity index is 1.42. The first kappa shape index (κ1) is 23.8. The van der Waals surface area contributed by atoms with E-state index in [2.05, 4.69) is 20.3 Å². The maximum absolute atomic E-state index is 12.9. The van der Waals surface area contributed by atoms with E-state index >= 15 is 0 Å². The Hall–Kier alpha value is -2.86. The minimum atomic E-state index is -4.78. The molecule has 0 aliphatic carbocycles. The van der Waals surface area contributed by atoms with Crippen LogP contribution in [-0.2, 0) is 16.8 Å². The van der Waals surface area contributed by atoms with Crippen molar-refractivity contribution in [2.45, 2.75) is 36.7 Å². The van der Waals surface area contributed by atoms with E-state index in [-0.39, 0.29) is 16.7 Å². The van der Waals surface area contributed by atoms with Crippen molar-refractivity contribution in [3.8, 4) is 5.75 Å². The predicted molar refractivity (Wildman–Crippen MR) is 108 cm³/mol. The number of hydrogen-bond donors (Lipinski definition) is 2. The van der Waals surface area contributed by atoms with Gasteiger partial charge in [-0.3, -0.25) is 4.90 Å². The molecule has 0 spiro atoms. The van der Waals surface area contributed by atoms with Crippen LogP contribution in [0.3, 0.4) is 0 Å². The second-order valence-corrected chi connectivity index (χ2v) is 8.65. The molecule has 0 aromatic heterocycles. The van der Waals surface area contributed by atoms with E-state index < -0.39 is 22.6 Å². The number of nitrogens with one attached hydrogen (secondary N) is 2. The number of halogens is 4. The maximum Gasteiger partial charge on any atom is 0.573 e. The third-order valence-corrected chi connectivity index (χ3v) is 5.71. The summed E-state index contributed by atoms with van der Waals surface area (Å²) in [6.45, 7) is 1.95. The zero-order valence-electron chi connectivity index (χ0n) is 16.7. The molecule has 174 valence electrons. The first-order chi connectivity index (χ1) is 15.0. The van der Waals surface area contributed by atoms with Crippen LogP contribution >= 0.6 is 0 Å². The minimum Gasteiger partial charge on any atom is -0.406 e. The molecule has 1 saturated heterocycles. The molecule has 1 heterocycles. The van der Waals surface area contributed by atoms with Gasteiger partial charge in [-0.2, -0.15) is 8.42 Å². The molecule has 12 heteroatoms. The zero-order chi connectivity index (χ0) is 23.4. The highest BCUT2D eigenvalue weighted by Crippen LogP contribution is 2.24. The normalized spacial score (nSPS) is 15.9. The number of carbonyl (C=O) groups excluding carboxylic acids is 1. The molecule has 0 saturated carbocycles. The summed E-state index contributed by atoms with van der Waals surface area (Å²) in [5.74, 6) is -0.378. The van der Waals surface area contributed by atoms with Gasteiger partial charge in [0.25, 0.3) is 0 Å². The standard InChI is InChI=1S/C20H21F4N3O4S/c21-20(22,23)31-17-5-3-15(4-6-17)25-19(28)26-16-9-11-27(12-10-16)13-14-1-7-18(8-2-14)32(24,29)30/h1-8,16H,9-13H2,(H2,25,26,28). The van der Waals surface area contributed by atoms with Gasteiger partial charge in [0.2, 0.25) is 0 Å². The SMILES string of the molecule is O=C(Nc1ccc(OC(F)(F)F)cc1)NC1CCN(Cc2ccc(S(=O)(=O)F)cc2)CC1. The molecular formula is C20H21F4N3O4S. The third-order valence-electron chi connectivity index (χ3n) is 4.88. The highest BCUT2D eigenvalue weighted by molar-refractivity contribution is 7.86. The second-order valence-electron chi connectivity index (χ2n) is 7.30. The smallest absolute Gasteiger partial charge is 0.406 e. The van der Waals surface area contributed by atoms with E-state index in [1.807, 2.05) is 0 Å². The maximum atomic E-state index is 12.9. The fourth-order valence-electron chi connectivity index (χ4n) is 3.34. The van der Waals surface area contributed by atoms with Crippen LogP contribution in [0, 0.1) is 0 Å². The first-order valence-corrected chi connectivity index (χ1v) is 11.1. The van der Waals surface area contributed by atoms with Gasteiger partial charge in [0.1, 0.15) is 5.75 Å². The predicted octanol–water partition coefficient (Wildman–Crippen LogP) is 4.03. The lowest BCUT2D eigenvalue weighted by atomic mass is 10.0. The van der Waals surface area contributed by atoms with Crippen LogP contribution in [0.5, 0.6) is 5.75 Å². The molecule has 2 aromatic rings. The van der Waals surface area contributed by atoms with E-state index in [1.54, 1.807) is 12.1 Å². The summed E-state index contributed by atoms with van der Waals surface area (Å²) >= 11 is 0. The number of piperidine rings is 1. The molecule has 7 nitrogen and oxygen atoms in total. The summed E-state index contributed by atoms with van der Waals surface area (Å²) in [5, 5.41) is 5.40. The summed E-state index contributed by atoms with van der Waals surface area (Å²) in [7, 11) is -4.71. The fraction of sp³-hybridized carbons (Fsp3) is 0.350. The van der Waals surface area contributed by atoms with Crippen molar-refractivity contribution in [2.24, 2.45) is 0 Å². The first-order valence-electron chi connectivity index (χ1n) is 9.67. The van der Waals surface area contributed by atoms with Crippen molar-refractivity contribution in [3.63, 3.8) is 0 Å². The topological polar surface area (TPSA) is 87.7 Å². The largest absolute Gasteiger partial charge is 0.573 e. The van der Waals surface area contributed by atoms with Gasteiger partial charge < -0.3 is 15.4 Å². The van der Waals surface area contributed by atoms with Crippen LogP contribution < -0.4 is 15.4 Å². The summed E-state index contributed by atoms with van der Waals surface area (Å²) in [4.78, 5) is 13.9. The average molecular weight is 475 g/mol. The minimum absolute atomic E-state index is 0.0712. The van der Waals surface area contributed by atoms with E-state index in [0.717, 1.165) is 17.7 Å². The summed E-state index contributed by atoms with van der Waals surface area (Å²) < 4.78 is 75.0. The van der Waals surface area contributed by atoms with Crippen LogP contribution in [0.2, 0.25) is 0 Å². The van der Waals surface area contributed by atoms with Crippen molar-refractivity contribution >= 4 is 21.9 Å². The summed E-state index contributed by atoms with van der Waals surface area (Å²) in [6, 6.07) is 9.88. The molecule has 2 amide bonds. The third kappa shape index (κ3) is 7.38. The molecule has 0 atom stereocenters. The number of urea groups is 1. The average Bonchev–Trinajstić information content (AvgIpc) is 2.70. The van der Waals surface area contributed by atoms with Crippen molar-refractivity contribution in [3.05, 3.63) is 54.1 Å². The molecule has 2 N–H and O–H groups in total. The van der Waals surface area contributed by atoms with Gasteiger partial charge in [-0.1, -0.05) is 12.1 Å². The molecular weight excluding hydrogens is 454 g/mol. The molecule has 2 aromatic carbocycles. The number of nitrogens with zero attached hydrogens (tertiary/aromatic N) is 1. The Morgan fingerprint density at radius 1 is 1.03 bits per heavy atom. The lowest BCUT2D eigenvalue weighted by Crippen LogP contribution is -2.45. The highest BCUT2D eigenvalue weighted by Gasteiger charge is 2.31. The monoisotopic (exact) mass is 475 g/mol. The van der Waals surface area contributed by atoms with Crippen LogP contribution in [0.15, 0.2) is 53.4 Å². The van der Waals surface area contributed by atoms with Gasteiger partial charge >= 0.3 is 22.6 Å². The number of likely N-dealkylation sites (tertiary alicyclic amines) is 1. The number of anilines is 1. The molecule has 0 radical (unpaired) electrons. The van der Waals surface area contributed by atoms with Crippen LogP contribution in [0.25, 0.3) is 0 Å². The lowest BCUT2D eigenvalue weighted by molar-refractivity contribution is -0.274. The van der Waals surface area contributed by atoms with E-state index in [0.29, 0.717) is 38.2 Å². The van der Waals surface area contributed by atoms with Gasteiger partial charge in [-0.15, -0.1) is 17.1 Å². The molecule has 0 unspecified atom stereocenters. The number of rotatable bonds is 6. The quantitative estimate of drug-likeness (QED) is 0.487. The Morgan fingerprint density at radius 3 is 2.16 bits per heavy atom. The summed E-state index contributed by atoms with van der Waals surface area (Å²) in [6.07, 6.45) is -3.41. The van der Waals surface area contributed by atoms with Gasteiger partial charge in [-0.05, 0) is 54.8 Å². The number of alkyl halides is 3. The molecule has 32 heavy (non-hydrogen) atoms. The van der Waals surface area contributed by atoms with E-state index in [4.69, 9.17) is 0 Å². The van der Waals surface area contributed by atoms with Crippen molar-refractivity contribution in [1.29, 1.82) is 0 Å². The summed E-state index contributed by atoms with van der Waals surface area (Å²) in [5.41, 5.74) is 1.17. The van der Waals surface area contributed by atoms with Crippen LogP contribution in [-0.4, -0.2) is 44.8 Å². The number of benzene rings is 2. The van der Waals surface area contributed by atoms with E-state index in [1.165, 1.54) is 24.3 Å².